The molecule has 0 aliphatic heterocycles. The molecule has 2 unspecified atom stereocenters. The fourth-order valence-electron chi connectivity index (χ4n) is 2.06. The maximum absolute atomic E-state index is 12.1. The van der Waals surface area contributed by atoms with Crippen molar-refractivity contribution in [1.29, 1.82) is 0 Å². The molecule has 0 aliphatic rings. The molecule has 0 amide bonds. The van der Waals surface area contributed by atoms with Crippen molar-refractivity contribution in [2.24, 2.45) is 0 Å². The van der Waals surface area contributed by atoms with E-state index < -0.39 is 0 Å². The minimum absolute atomic E-state index is 0.199. The summed E-state index contributed by atoms with van der Waals surface area (Å²) in [6.07, 6.45) is 0.973. The predicted octanol–water partition coefficient (Wildman–Crippen LogP) is 3.30. The normalized spacial score (nSPS) is 13.9. The average Bonchev–Trinajstić information content (AvgIpc) is 2.36. The van der Waals surface area contributed by atoms with Gasteiger partial charge in [-0.25, -0.2) is 4.79 Å². The number of aryl methyl sites for hydroxylation is 2. The van der Waals surface area contributed by atoms with Gasteiger partial charge >= 0.3 is 5.97 Å². The van der Waals surface area contributed by atoms with Gasteiger partial charge in [-0.15, -0.1) is 0 Å². The van der Waals surface area contributed by atoms with E-state index in [9.17, 15) is 4.79 Å². The minimum atomic E-state index is -0.379. The average molecular weight is 263 g/mol. The van der Waals surface area contributed by atoms with E-state index in [2.05, 4.69) is 32.2 Å². The van der Waals surface area contributed by atoms with Crippen LogP contribution in [-0.2, 0) is 9.53 Å². The Morgan fingerprint density at radius 2 is 2.00 bits per heavy atom. The first kappa shape index (κ1) is 15.7. The number of carbonyl (C=O) groups excluding carboxylic acids is 1. The van der Waals surface area contributed by atoms with E-state index in [-0.39, 0.29) is 18.1 Å². The Kier molecular flexibility index (Phi) is 6.03. The summed E-state index contributed by atoms with van der Waals surface area (Å²) < 4.78 is 5.19. The third kappa shape index (κ3) is 4.35. The van der Waals surface area contributed by atoms with Gasteiger partial charge in [-0.1, -0.05) is 30.7 Å². The lowest BCUT2D eigenvalue weighted by Gasteiger charge is -2.23. The molecule has 0 saturated heterocycles. The van der Waals surface area contributed by atoms with E-state index in [0.717, 1.165) is 17.5 Å². The first-order valence-corrected chi connectivity index (χ1v) is 6.99. The van der Waals surface area contributed by atoms with Gasteiger partial charge in [-0.2, -0.15) is 0 Å². The first-order chi connectivity index (χ1) is 8.99. The molecule has 1 N–H and O–H groups in total. The highest BCUT2D eigenvalue weighted by Gasteiger charge is 2.24. The number of carbonyl (C=O) groups is 1. The second-order valence-corrected chi connectivity index (χ2v) is 5.02. The molecule has 1 aromatic carbocycles. The summed E-state index contributed by atoms with van der Waals surface area (Å²) in [7, 11) is 0. The zero-order chi connectivity index (χ0) is 14.4. The van der Waals surface area contributed by atoms with Crippen molar-refractivity contribution < 1.29 is 9.53 Å². The molecule has 0 bridgehead atoms. The molecule has 0 radical (unpaired) electrons. The first-order valence-electron chi connectivity index (χ1n) is 6.99. The number of rotatable bonds is 6. The maximum atomic E-state index is 12.1. The van der Waals surface area contributed by atoms with Crippen molar-refractivity contribution in [3.63, 3.8) is 0 Å². The van der Waals surface area contributed by atoms with E-state index in [1.54, 1.807) is 0 Å². The standard InChI is InChI=1S/C16H25NO2/c1-6-13(5)17-15(16(18)19-7-2)14-9-8-11(3)10-12(14)4/h8-10,13,15,17H,6-7H2,1-5H3. The van der Waals surface area contributed by atoms with Gasteiger partial charge in [0.15, 0.2) is 0 Å². The highest BCUT2D eigenvalue weighted by Crippen LogP contribution is 2.21. The molecule has 3 heteroatoms. The van der Waals surface area contributed by atoms with Gasteiger partial charge in [0.25, 0.3) is 0 Å². The molecule has 1 rings (SSSR count). The van der Waals surface area contributed by atoms with Crippen LogP contribution >= 0.6 is 0 Å². The van der Waals surface area contributed by atoms with Crippen LogP contribution in [0.5, 0.6) is 0 Å². The van der Waals surface area contributed by atoms with Crippen LogP contribution in [0, 0.1) is 13.8 Å². The Balaban J connectivity index is 3.03. The van der Waals surface area contributed by atoms with Crippen LogP contribution in [0.25, 0.3) is 0 Å². The highest BCUT2D eigenvalue weighted by molar-refractivity contribution is 5.78. The lowest BCUT2D eigenvalue weighted by Crippen LogP contribution is -2.36. The van der Waals surface area contributed by atoms with Gasteiger partial charge < -0.3 is 4.74 Å². The molecule has 1 aromatic rings. The molecule has 0 spiro atoms. The van der Waals surface area contributed by atoms with Crippen molar-refractivity contribution in [3.05, 3.63) is 34.9 Å². The van der Waals surface area contributed by atoms with Crippen molar-refractivity contribution in [2.45, 2.75) is 53.1 Å². The van der Waals surface area contributed by atoms with Crippen molar-refractivity contribution in [2.75, 3.05) is 6.61 Å². The quantitative estimate of drug-likeness (QED) is 0.800. The molecule has 106 valence electrons. The largest absolute Gasteiger partial charge is 0.465 e. The Morgan fingerprint density at radius 1 is 1.32 bits per heavy atom. The second-order valence-electron chi connectivity index (χ2n) is 5.02. The Morgan fingerprint density at radius 3 is 2.53 bits per heavy atom. The number of benzene rings is 1. The van der Waals surface area contributed by atoms with Crippen LogP contribution in [0.4, 0.5) is 0 Å². The van der Waals surface area contributed by atoms with Crippen LogP contribution in [0.2, 0.25) is 0 Å². The molecular weight excluding hydrogens is 238 g/mol. The zero-order valence-electron chi connectivity index (χ0n) is 12.6. The second kappa shape index (κ2) is 7.29. The smallest absolute Gasteiger partial charge is 0.327 e. The summed E-state index contributed by atoms with van der Waals surface area (Å²) in [5.41, 5.74) is 3.32. The van der Waals surface area contributed by atoms with Gasteiger partial charge in [-0.05, 0) is 45.2 Å². The monoisotopic (exact) mass is 263 g/mol. The lowest BCUT2D eigenvalue weighted by atomic mass is 9.98. The highest BCUT2D eigenvalue weighted by atomic mass is 16.5. The fourth-order valence-corrected chi connectivity index (χ4v) is 2.06. The molecule has 3 nitrogen and oxygen atoms in total. The number of esters is 1. The van der Waals surface area contributed by atoms with Crippen LogP contribution < -0.4 is 5.32 Å². The van der Waals surface area contributed by atoms with E-state index in [1.807, 2.05) is 26.0 Å². The lowest BCUT2D eigenvalue weighted by molar-refractivity contribution is -0.146. The summed E-state index contributed by atoms with van der Waals surface area (Å²) in [5.74, 6) is -0.199. The summed E-state index contributed by atoms with van der Waals surface area (Å²) in [6, 6.07) is 6.04. The number of nitrogens with one attached hydrogen (secondary N) is 1. The topological polar surface area (TPSA) is 38.3 Å². The summed E-state index contributed by atoms with van der Waals surface area (Å²) >= 11 is 0. The van der Waals surface area contributed by atoms with Crippen molar-refractivity contribution in [1.82, 2.24) is 5.32 Å². The minimum Gasteiger partial charge on any atom is -0.465 e. The molecule has 0 saturated carbocycles. The van der Waals surface area contributed by atoms with Gasteiger partial charge in [0, 0.05) is 6.04 Å². The number of ether oxygens (including phenoxy) is 1. The van der Waals surface area contributed by atoms with Crippen molar-refractivity contribution in [3.8, 4) is 0 Å². The molecule has 0 heterocycles. The fraction of sp³-hybridized carbons (Fsp3) is 0.562. The maximum Gasteiger partial charge on any atom is 0.327 e. The molecule has 0 aromatic heterocycles. The van der Waals surface area contributed by atoms with E-state index in [0.29, 0.717) is 6.61 Å². The van der Waals surface area contributed by atoms with E-state index in [1.165, 1.54) is 5.56 Å². The predicted molar refractivity (Wildman–Crippen MR) is 78.2 cm³/mol. The third-order valence-electron chi connectivity index (χ3n) is 3.32. The van der Waals surface area contributed by atoms with Crippen molar-refractivity contribution >= 4 is 5.97 Å². The van der Waals surface area contributed by atoms with Gasteiger partial charge in [0.05, 0.1) is 6.61 Å². The summed E-state index contributed by atoms with van der Waals surface area (Å²) in [5, 5.41) is 3.35. The SMILES string of the molecule is CCOC(=O)C(NC(C)CC)c1ccc(C)cc1C. The number of hydrogen-bond donors (Lipinski definition) is 1. The molecule has 0 aliphatic carbocycles. The molecule has 2 atom stereocenters. The molecular formula is C16H25NO2. The summed E-state index contributed by atoms with van der Waals surface area (Å²) in [6.45, 7) is 10.5. The third-order valence-corrected chi connectivity index (χ3v) is 3.32. The van der Waals surface area contributed by atoms with E-state index in [4.69, 9.17) is 4.74 Å². The van der Waals surface area contributed by atoms with Gasteiger partial charge in [-0.3, -0.25) is 5.32 Å². The van der Waals surface area contributed by atoms with Gasteiger partial charge in [0.2, 0.25) is 0 Å². The molecule has 19 heavy (non-hydrogen) atoms. The Bertz CT molecular complexity index is 429. The van der Waals surface area contributed by atoms with E-state index >= 15 is 0 Å². The molecule has 0 fully saturated rings. The van der Waals surface area contributed by atoms with Crippen LogP contribution in [0.1, 0.15) is 49.9 Å². The Hall–Kier alpha value is -1.35. The summed E-state index contributed by atoms with van der Waals surface area (Å²) in [4.78, 5) is 12.1. The number of hydrogen-bond acceptors (Lipinski definition) is 3. The van der Waals surface area contributed by atoms with Gasteiger partial charge in [0.1, 0.15) is 6.04 Å². The van der Waals surface area contributed by atoms with Crippen LogP contribution in [0.3, 0.4) is 0 Å². The zero-order valence-corrected chi connectivity index (χ0v) is 12.6. The van der Waals surface area contributed by atoms with Crippen LogP contribution in [0.15, 0.2) is 18.2 Å². The Labute approximate surface area is 116 Å². The van der Waals surface area contributed by atoms with Crippen LogP contribution in [-0.4, -0.2) is 18.6 Å².